The number of nitrogens with zero attached hydrogens (tertiary/aromatic N) is 3. The zero-order valence-corrected chi connectivity index (χ0v) is 29.1. The van der Waals surface area contributed by atoms with Crippen LogP contribution in [0.15, 0.2) is 60.1 Å². The summed E-state index contributed by atoms with van der Waals surface area (Å²) in [5.41, 5.74) is 2.85. The number of hydrogen-bond donors (Lipinski definition) is 2. The number of aliphatic carboxylic acids is 1. The molecule has 50 heavy (non-hydrogen) atoms. The number of hydrogen-bond acceptors (Lipinski definition) is 7. The highest BCUT2D eigenvalue weighted by molar-refractivity contribution is 6.13. The molecule has 1 aliphatic heterocycles. The molecule has 0 bridgehead atoms. The van der Waals surface area contributed by atoms with Crippen molar-refractivity contribution >= 4 is 40.3 Å². The molecular formula is C36H43F5N4O5. The average Bonchev–Trinajstić information content (AvgIpc) is 3.08. The number of methoxy groups -OCH3 is 1. The van der Waals surface area contributed by atoms with Gasteiger partial charge in [0.05, 0.1) is 18.2 Å². The largest absolute Gasteiger partial charge is 0.496 e. The number of fused-ring (bicyclic) bond motifs is 1. The summed E-state index contributed by atoms with van der Waals surface area (Å²) in [6.45, 7) is 7.13. The maximum absolute atomic E-state index is 14.1. The Bertz CT molecular complexity index is 1700. The van der Waals surface area contributed by atoms with E-state index in [-0.39, 0.29) is 18.7 Å². The summed E-state index contributed by atoms with van der Waals surface area (Å²) >= 11 is 0. The van der Waals surface area contributed by atoms with E-state index in [0.29, 0.717) is 36.3 Å². The molecule has 0 radical (unpaired) electrons. The van der Waals surface area contributed by atoms with Crippen LogP contribution < -0.4 is 10.2 Å². The van der Waals surface area contributed by atoms with Gasteiger partial charge in [-0.3, -0.25) is 19.4 Å². The fraction of sp³-hybridized carbons (Fsp3) is 0.389. The first-order valence-electron chi connectivity index (χ1n) is 15.9. The standard InChI is InChI=1S/C19H22N2O2.C15H15F5N2O3.C2H6/c1-13-8-9-16(19-15(13)7-6-10-20-19)17(12-22)18(23-5)11-14(2)21(3)4;16-9-5-8(22-4-2-1-3-11(22)15(18,19)20)6-10(17)13(9)14(25)21-7-12(23)24;1-2/h6-12H,1-5H3;5-6,11H,1-4,7H2,(H,21,25)(H,23,24);1-2H3/b14-11-,18-17-;;. The van der Waals surface area contributed by atoms with Crippen LogP contribution in [0.25, 0.3) is 16.5 Å². The van der Waals surface area contributed by atoms with E-state index in [2.05, 4.69) is 4.98 Å². The molecule has 2 N–H and O–H groups in total. The minimum absolute atomic E-state index is 0.0202. The number of carbonyl (C=O) groups is 3. The first-order chi connectivity index (χ1) is 23.6. The molecule has 14 heteroatoms. The van der Waals surface area contributed by atoms with Crippen LogP contribution in [0, 0.1) is 18.6 Å². The van der Waals surface area contributed by atoms with E-state index in [1.165, 1.54) is 0 Å². The lowest BCUT2D eigenvalue weighted by Gasteiger charge is -2.38. The van der Waals surface area contributed by atoms with Crippen LogP contribution in [0.2, 0.25) is 0 Å². The Hall–Kier alpha value is -5.01. The van der Waals surface area contributed by atoms with Gasteiger partial charge in [-0.2, -0.15) is 13.2 Å². The number of pyridine rings is 1. The molecule has 2 heterocycles. The topological polar surface area (TPSA) is 112 Å². The Morgan fingerprint density at radius 1 is 1.12 bits per heavy atom. The maximum Gasteiger partial charge on any atom is 0.408 e. The second-order valence-corrected chi connectivity index (χ2v) is 11.2. The van der Waals surface area contributed by atoms with Crippen LogP contribution in [0.3, 0.4) is 0 Å². The van der Waals surface area contributed by atoms with Crippen LogP contribution in [0.5, 0.6) is 0 Å². The van der Waals surface area contributed by atoms with Crippen molar-refractivity contribution in [3.8, 4) is 0 Å². The number of allylic oxidation sites excluding steroid dienone is 3. The average molecular weight is 707 g/mol. The molecular weight excluding hydrogens is 663 g/mol. The number of aromatic nitrogens is 1. The number of halogens is 5. The molecule has 1 unspecified atom stereocenters. The minimum atomic E-state index is -4.55. The Kier molecular flexibility index (Phi) is 15.4. The van der Waals surface area contributed by atoms with E-state index >= 15 is 0 Å². The monoisotopic (exact) mass is 706 g/mol. The SMILES string of the molecule is CC.COC(/C=C(/C)N(C)C)=C(/C=O)c1ccc(C)c2cccnc12.O=C(O)CNC(=O)c1c(F)cc(N2CCCCC2C(F)(F)F)cc1F. The fourth-order valence-electron chi connectivity index (χ4n) is 5.12. The van der Waals surface area contributed by atoms with Gasteiger partial charge in [-0.1, -0.05) is 32.0 Å². The van der Waals surface area contributed by atoms with E-state index in [9.17, 15) is 36.3 Å². The Morgan fingerprint density at radius 2 is 1.76 bits per heavy atom. The number of alkyl halides is 3. The van der Waals surface area contributed by atoms with Crippen molar-refractivity contribution in [2.75, 3.05) is 39.2 Å². The number of carbonyl (C=O) groups excluding carboxylic acids is 2. The molecule has 1 saturated heterocycles. The summed E-state index contributed by atoms with van der Waals surface area (Å²) < 4.78 is 73.0. The van der Waals surface area contributed by atoms with Crippen LogP contribution in [0.4, 0.5) is 27.6 Å². The molecule has 2 aromatic carbocycles. The lowest BCUT2D eigenvalue weighted by molar-refractivity contribution is -0.152. The lowest BCUT2D eigenvalue weighted by Crippen LogP contribution is -2.49. The third kappa shape index (κ3) is 10.5. The molecule has 3 aromatic rings. The van der Waals surface area contributed by atoms with E-state index in [1.807, 2.05) is 77.0 Å². The third-order valence-corrected chi connectivity index (χ3v) is 7.79. The van der Waals surface area contributed by atoms with Crippen molar-refractivity contribution < 1.29 is 46.2 Å². The van der Waals surface area contributed by atoms with Crippen LogP contribution >= 0.6 is 0 Å². The first kappa shape index (κ1) is 41.2. The number of ether oxygens (including phenoxy) is 1. The van der Waals surface area contributed by atoms with Crippen molar-refractivity contribution in [3.05, 3.63) is 88.5 Å². The van der Waals surface area contributed by atoms with E-state index in [0.717, 1.165) is 38.9 Å². The zero-order valence-electron chi connectivity index (χ0n) is 29.1. The second kappa shape index (κ2) is 18.7. The Labute approximate surface area is 288 Å². The molecule has 0 aliphatic carbocycles. The van der Waals surface area contributed by atoms with Gasteiger partial charge >= 0.3 is 12.1 Å². The van der Waals surface area contributed by atoms with Gasteiger partial charge in [-0.25, -0.2) is 8.78 Å². The number of nitrogens with one attached hydrogen (secondary N) is 1. The number of carboxylic acids is 1. The van der Waals surface area contributed by atoms with E-state index < -0.39 is 47.8 Å². The smallest absolute Gasteiger partial charge is 0.408 e. The van der Waals surface area contributed by atoms with Gasteiger partial charge < -0.3 is 25.0 Å². The van der Waals surface area contributed by atoms with Gasteiger partial charge in [0.25, 0.3) is 5.91 Å². The van der Waals surface area contributed by atoms with Crippen molar-refractivity contribution in [1.82, 2.24) is 15.2 Å². The van der Waals surface area contributed by atoms with Gasteiger partial charge in [-0.15, -0.1) is 0 Å². The highest BCUT2D eigenvalue weighted by Crippen LogP contribution is 2.36. The van der Waals surface area contributed by atoms with Gasteiger partial charge in [0.15, 0.2) is 6.29 Å². The molecule has 0 saturated carbocycles. The van der Waals surface area contributed by atoms with E-state index in [4.69, 9.17) is 9.84 Å². The molecule has 1 aromatic heterocycles. The number of rotatable bonds is 9. The molecule has 1 aliphatic rings. The first-order valence-corrected chi connectivity index (χ1v) is 15.9. The summed E-state index contributed by atoms with van der Waals surface area (Å²) in [6, 6.07) is 7.29. The van der Waals surface area contributed by atoms with Crippen molar-refractivity contribution in [3.63, 3.8) is 0 Å². The summed E-state index contributed by atoms with van der Waals surface area (Å²) in [4.78, 5) is 41.1. The molecule has 1 amide bonds. The number of amides is 1. The number of carboxylic acid groups (broad SMARTS) is 1. The van der Waals surface area contributed by atoms with Crippen molar-refractivity contribution in [2.24, 2.45) is 0 Å². The molecule has 1 atom stereocenters. The van der Waals surface area contributed by atoms with Crippen molar-refractivity contribution in [1.29, 1.82) is 0 Å². The lowest BCUT2D eigenvalue weighted by atomic mass is 9.98. The summed E-state index contributed by atoms with van der Waals surface area (Å²) in [7, 11) is 5.47. The number of benzene rings is 2. The Balaban J connectivity index is 0.000000331. The molecule has 272 valence electrons. The van der Waals surface area contributed by atoms with Crippen LogP contribution in [-0.4, -0.2) is 79.7 Å². The van der Waals surface area contributed by atoms with Crippen LogP contribution in [-0.2, 0) is 14.3 Å². The number of anilines is 1. The highest BCUT2D eigenvalue weighted by Gasteiger charge is 2.45. The number of aryl methyl sites for hydroxylation is 1. The second-order valence-electron chi connectivity index (χ2n) is 11.2. The number of aldehydes is 1. The van der Waals surface area contributed by atoms with E-state index in [1.54, 1.807) is 18.6 Å². The van der Waals surface area contributed by atoms with Crippen molar-refractivity contribution in [2.45, 2.75) is 59.2 Å². The predicted molar refractivity (Wildman–Crippen MR) is 183 cm³/mol. The highest BCUT2D eigenvalue weighted by atomic mass is 19.4. The summed E-state index contributed by atoms with van der Waals surface area (Å²) in [6.07, 6.45) is 0.479. The maximum atomic E-state index is 14.1. The van der Waals surface area contributed by atoms with Gasteiger partial charge in [0, 0.05) is 49.2 Å². The van der Waals surface area contributed by atoms with Gasteiger partial charge in [0.1, 0.15) is 35.5 Å². The minimum Gasteiger partial charge on any atom is -0.496 e. The third-order valence-electron chi connectivity index (χ3n) is 7.79. The summed E-state index contributed by atoms with van der Waals surface area (Å²) in [5, 5.41) is 11.3. The molecule has 9 nitrogen and oxygen atoms in total. The van der Waals surface area contributed by atoms with Crippen LogP contribution in [0.1, 0.15) is 61.5 Å². The van der Waals surface area contributed by atoms with Gasteiger partial charge in [0.2, 0.25) is 0 Å². The summed E-state index contributed by atoms with van der Waals surface area (Å²) in [5.74, 6) is -4.89. The Morgan fingerprint density at radius 3 is 2.30 bits per heavy atom. The normalized spacial score (nSPS) is 15.1. The number of piperidine rings is 1. The molecule has 1 fully saturated rings. The molecule has 0 spiro atoms. The zero-order chi connectivity index (χ0) is 37.8. The quantitative estimate of drug-likeness (QED) is 0.0785. The molecule has 4 rings (SSSR count). The predicted octanol–water partition coefficient (Wildman–Crippen LogP) is 7.29. The van der Waals surface area contributed by atoms with Gasteiger partial charge in [-0.05, 0) is 62.9 Å². The fourth-order valence-corrected chi connectivity index (χ4v) is 5.12.